The monoisotopic (exact) mass is 410 g/mol. The summed E-state index contributed by atoms with van der Waals surface area (Å²) in [4.78, 5) is 12.6. The first-order valence-corrected chi connectivity index (χ1v) is 9.97. The van der Waals surface area contributed by atoms with Gasteiger partial charge in [0, 0.05) is 11.3 Å². The molecule has 2 N–H and O–H groups in total. The Morgan fingerprint density at radius 2 is 1.79 bits per heavy atom. The third-order valence-electron chi connectivity index (χ3n) is 4.52. The molecule has 0 unspecified atom stereocenters. The lowest BCUT2D eigenvalue weighted by Crippen LogP contribution is -2.19. The number of nitrogens with zero attached hydrogens (tertiary/aromatic N) is 2. The zero-order valence-corrected chi connectivity index (χ0v) is 18.0. The molecule has 1 heterocycles. The Hall–Kier alpha value is -2.93. The van der Waals surface area contributed by atoms with Crippen LogP contribution < -0.4 is 10.1 Å². The average Bonchev–Trinajstić information content (AvgIpc) is 3.03. The molecular weight excluding hydrogens is 384 g/mol. The van der Waals surface area contributed by atoms with E-state index in [9.17, 15) is 4.79 Å². The molecule has 29 heavy (non-hydrogen) atoms. The average molecular weight is 411 g/mol. The molecule has 0 atom stereocenters. The van der Waals surface area contributed by atoms with Crippen molar-refractivity contribution in [2.75, 3.05) is 11.9 Å². The molecule has 152 valence electrons. The van der Waals surface area contributed by atoms with E-state index in [1.165, 1.54) is 5.56 Å². The van der Waals surface area contributed by atoms with E-state index in [1.54, 1.807) is 4.57 Å². The van der Waals surface area contributed by atoms with Crippen molar-refractivity contribution in [1.29, 1.82) is 0 Å². The van der Waals surface area contributed by atoms with Crippen molar-refractivity contribution in [3.05, 3.63) is 58.9 Å². The van der Waals surface area contributed by atoms with Crippen LogP contribution in [0.15, 0.2) is 48.5 Å². The topological polar surface area (TPSA) is 71.9 Å². The molecule has 0 aliphatic rings. The van der Waals surface area contributed by atoms with Crippen LogP contribution in [0.25, 0.3) is 11.4 Å². The molecule has 3 aromatic rings. The van der Waals surface area contributed by atoms with Crippen LogP contribution in [0.1, 0.15) is 33.3 Å². The van der Waals surface area contributed by atoms with E-state index < -0.39 is 0 Å². The summed E-state index contributed by atoms with van der Waals surface area (Å²) in [5.41, 5.74) is 2.88. The molecule has 0 fully saturated rings. The lowest BCUT2D eigenvalue weighted by molar-refractivity contribution is -0.116. The van der Waals surface area contributed by atoms with Crippen LogP contribution in [0.5, 0.6) is 5.75 Å². The Morgan fingerprint density at radius 1 is 1.14 bits per heavy atom. The van der Waals surface area contributed by atoms with E-state index in [2.05, 4.69) is 36.3 Å². The summed E-state index contributed by atoms with van der Waals surface area (Å²) in [6.07, 6.45) is 0. The lowest BCUT2D eigenvalue weighted by atomic mass is 9.87. The van der Waals surface area contributed by atoms with Gasteiger partial charge in [-0.05, 0) is 66.5 Å². The number of H-pyrrole nitrogens is 1. The SMILES string of the molecule is CCOc1ccc(-c2n[nH]c(=S)n2CC(=O)Nc2ccc(C(C)(C)C)cc2)cc1. The Bertz CT molecular complexity index is 1030. The largest absolute Gasteiger partial charge is 0.494 e. The Kier molecular flexibility index (Phi) is 6.17. The zero-order valence-electron chi connectivity index (χ0n) is 17.2. The van der Waals surface area contributed by atoms with Crippen LogP contribution in [-0.2, 0) is 16.8 Å². The second-order valence-electron chi connectivity index (χ2n) is 7.77. The van der Waals surface area contributed by atoms with Crippen LogP contribution in [-0.4, -0.2) is 27.3 Å². The van der Waals surface area contributed by atoms with Crippen molar-refractivity contribution in [3.63, 3.8) is 0 Å². The molecular formula is C22H26N4O2S. The first kappa shape index (κ1) is 20.8. The van der Waals surface area contributed by atoms with Gasteiger partial charge in [0.2, 0.25) is 5.91 Å². The number of aromatic amines is 1. The second kappa shape index (κ2) is 8.61. The number of amides is 1. The molecule has 0 aliphatic carbocycles. The fourth-order valence-corrected chi connectivity index (χ4v) is 3.15. The quantitative estimate of drug-likeness (QED) is 0.565. The molecule has 0 saturated carbocycles. The number of nitrogens with one attached hydrogen (secondary N) is 2. The maximum atomic E-state index is 12.6. The molecule has 7 heteroatoms. The minimum absolute atomic E-state index is 0.0684. The lowest BCUT2D eigenvalue weighted by Gasteiger charge is -2.19. The fourth-order valence-electron chi connectivity index (χ4n) is 2.95. The minimum Gasteiger partial charge on any atom is -0.494 e. The van der Waals surface area contributed by atoms with E-state index in [0.29, 0.717) is 17.2 Å². The summed E-state index contributed by atoms with van der Waals surface area (Å²) < 4.78 is 7.55. The van der Waals surface area contributed by atoms with Crippen LogP contribution >= 0.6 is 12.2 Å². The number of ether oxygens (including phenoxy) is 1. The van der Waals surface area contributed by atoms with Gasteiger partial charge in [-0.1, -0.05) is 32.9 Å². The van der Waals surface area contributed by atoms with Crippen LogP contribution in [0.2, 0.25) is 0 Å². The number of carbonyl (C=O) groups excluding carboxylic acids is 1. The Balaban J connectivity index is 1.74. The van der Waals surface area contributed by atoms with E-state index in [4.69, 9.17) is 17.0 Å². The standard InChI is InChI=1S/C22H26N4O2S/c1-5-28-18-12-6-15(7-13-18)20-24-25-21(29)26(20)14-19(27)23-17-10-8-16(9-11-17)22(2,3)4/h6-13H,5,14H2,1-4H3,(H,23,27)(H,25,29). The van der Waals surface area contributed by atoms with E-state index in [0.717, 1.165) is 17.0 Å². The fraction of sp³-hybridized carbons (Fsp3) is 0.318. The van der Waals surface area contributed by atoms with Gasteiger partial charge in [-0.3, -0.25) is 14.5 Å². The Morgan fingerprint density at radius 3 is 2.38 bits per heavy atom. The normalized spacial score (nSPS) is 11.3. The summed E-state index contributed by atoms with van der Waals surface area (Å²) in [6, 6.07) is 15.4. The smallest absolute Gasteiger partial charge is 0.244 e. The molecule has 0 bridgehead atoms. The van der Waals surface area contributed by atoms with E-state index in [-0.39, 0.29) is 17.9 Å². The van der Waals surface area contributed by atoms with Gasteiger partial charge < -0.3 is 10.1 Å². The van der Waals surface area contributed by atoms with Gasteiger partial charge in [0.05, 0.1) is 6.61 Å². The van der Waals surface area contributed by atoms with Gasteiger partial charge in [-0.25, -0.2) is 0 Å². The number of hydrogen-bond acceptors (Lipinski definition) is 4. The van der Waals surface area contributed by atoms with Crippen molar-refractivity contribution in [1.82, 2.24) is 14.8 Å². The third kappa shape index (κ3) is 5.12. The van der Waals surface area contributed by atoms with Crippen LogP contribution in [0.4, 0.5) is 5.69 Å². The molecule has 0 saturated heterocycles. The summed E-state index contributed by atoms with van der Waals surface area (Å²) in [5.74, 6) is 1.22. The third-order valence-corrected chi connectivity index (χ3v) is 4.83. The maximum Gasteiger partial charge on any atom is 0.244 e. The van der Waals surface area contributed by atoms with Gasteiger partial charge >= 0.3 is 0 Å². The highest BCUT2D eigenvalue weighted by atomic mass is 32.1. The number of benzene rings is 2. The van der Waals surface area contributed by atoms with Crippen molar-refractivity contribution < 1.29 is 9.53 Å². The highest BCUT2D eigenvalue weighted by Crippen LogP contribution is 2.24. The summed E-state index contributed by atoms with van der Waals surface area (Å²) in [6.45, 7) is 9.08. The van der Waals surface area contributed by atoms with Crippen LogP contribution in [0.3, 0.4) is 0 Å². The van der Waals surface area contributed by atoms with Crippen molar-refractivity contribution in [2.24, 2.45) is 0 Å². The minimum atomic E-state index is -0.168. The zero-order chi connectivity index (χ0) is 21.0. The number of hydrogen-bond donors (Lipinski definition) is 2. The molecule has 1 amide bonds. The second-order valence-corrected chi connectivity index (χ2v) is 8.16. The highest BCUT2D eigenvalue weighted by molar-refractivity contribution is 7.71. The molecule has 6 nitrogen and oxygen atoms in total. The van der Waals surface area contributed by atoms with Gasteiger partial charge in [0.15, 0.2) is 10.6 Å². The molecule has 2 aromatic carbocycles. The van der Waals surface area contributed by atoms with Crippen LogP contribution in [0, 0.1) is 4.77 Å². The molecule has 0 radical (unpaired) electrons. The summed E-state index contributed by atoms with van der Waals surface area (Å²) in [7, 11) is 0. The predicted molar refractivity (Wildman–Crippen MR) is 118 cm³/mol. The van der Waals surface area contributed by atoms with Crippen molar-refractivity contribution in [3.8, 4) is 17.1 Å². The van der Waals surface area contributed by atoms with Gasteiger partial charge in [-0.2, -0.15) is 5.10 Å². The number of anilines is 1. The molecule has 1 aromatic heterocycles. The Labute approximate surface area is 175 Å². The molecule has 0 spiro atoms. The first-order chi connectivity index (χ1) is 13.8. The van der Waals surface area contributed by atoms with Gasteiger partial charge in [0.25, 0.3) is 0 Å². The van der Waals surface area contributed by atoms with Gasteiger partial charge in [0.1, 0.15) is 12.3 Å². The number of carbonyl (C=O) groups is 1. The van der Waals surface area contributed by atoms with E-state index >= 15 is 0 Å². The van der Waals surface area contributed by atoms with Crippen molar-refractivity contribution in [2.45, 2.75) is 39.7 Å². The summed E-state index contributed by atoms with van der Waals surface area (Å²) >= 11 is 5.32. The predicted octanol–water partition coefficient (Wildman–Crippen LogP) is 4.94. The maximum absolute atomic E-state index is 12.6. The number of aromatic nitrogens is 3. The van der Waals surface area contributed by atoms with Gasteiger partial charge in [-0.15, -0.1) is 0 Å². The first-order valence-electron chi connectivity index (χ1n) is 9.57. The molecule has 0 aliphatic heterocycles. The summed E-state index contributed by atoms with van der Waals surface area (Å²) in [5, 5.41) is 9.98. The molecule has 3 rings (SSSR count). The number of rotatable bonds is 6. The highest BCUT2D eigenvalue weighted by Gasteiger charge is 2.15. The van der Waals surface area contributed by atoms with E-state index in [1.807, 2.05) is 55.5 Å². The van der Waals surface area contributed by atoms with Crippen molar-refractivity contribution >= 4 is 23.8 Å².